The van der Waals surface area contributed by atoms with E-state index >= 15 is 0 Å². The number of nitrogens with zero attached hydrogens (tertiary/aromatic N) is 3. The van der Waals surface area contributed by atoms with Crippen molar-refractivity contribution in [2.24, 2.45) is 0 Å². The van der Waals surface area contributed by atoms with Gasteiger partial charge in [-0.15, -0.1) is 11.3 Å². The Bertz CT molecular complexity index is 831. The summed E-state index contributed by atoms with van der Waals surface area (Å²) in [4.78, 5) is 5.18. The number of rotatable bonds is 3. The van der Waals surface area contributed by atoms with Gasteiger partial charge in [-0.3, -0.25) is 0 Å². The van der Waals surface area contributed by atoms with Gasteiger partial charge < -0.3 is 4.52 Å². The van der Waals surface area contributed by atoms with Gasteiger partial charge in [0.15, 0.2) is 0 Å². The summed E-state index contributed by atoms with van der Waals surface area (Å²) in [5, 5.41) is 15.2. The Morgan fingerprint density at radius 1 is 1.29 bits per heavy atom. The maximum atomic E-state index is 9.31. The maximum absolute atomic E-state index is 9.31. The van der Waals surface area contributed by atoms with Crippen LogP contribution in [0.2, 0.25) is 0 Å². The molecule has 2 aromatic heterocycles. The monoisotopic (exact) mass is 357 g/mol. The summed E-state index contributed by atoms with van der Waals surface area (Å²) in [6, 6.07) is 13.5. The van der Waals surface area contributed by atoms with E-state index < -0.39 is 0 Å². The Labute approximate surface area is 133 Å². The first kappa shape index (κ1) is 13.7. The van der Waals surface area contributed by atoms with Crippen LogP contribution in [0.4, 0.5) is 0 Å². The van der Waals surface area contributed by atoms with E-state index in [1.54, 1.807) is 6.08 Å². The van der Waals surface area contributed by atoms with Gasteiger partial charge in [0.1, 0.15) is 11.6 Å². The van der Waals surface area contributed by atoms with Crippen molar-refractivity contribution < 1.29 is 4.52 Å². The van der Waals surface area contributed by atoms with Gasteiger partial charge in [-0.25, -0.2) is 0 Å². The van der Waals surface area contributed by atoms with Gasteiger partial charge in [-0.2, -0.15) is 10.2 Å². The van der Waals surface area contributed by atoms with Crippen LogP contribution in [0.15, 0.2) is 50.8 Å². The van der Waals surface area contributed by atoms with E-state index in [2.05, 4.69) is 32.1 Å². The highest BCUT2D eigenvalue weighted by Crippen LogP contribution is 2.25. The lowest BCUT2D eigenvalue weighted by molar-refractivity contribution is 0.409. The van der Waals surface area contributed by atoms with Gasteiger partial charge in [0.05, 0.1) is 4.88 Å². The van der Waals surface area contributed by atoms with Crippen LogP contribution in [0.25, 0.3) is 22.4 Å². The molecule has 0 atom stereocenters. The third-order valence-corrected chi connectivity index (χ3v) is 4.31. The Hall–Kier alpha value is -2.23. The van der Waals surface area contributed by atoms with Crippen molar-refractivity contribution >= 4 is 38.9 Å². The fourth-order valence-electron chi connectivity index (χ4n) is 1.73. The molecule has 0 unspecified atom stereocenters. The quantitative estimate of drug-likeness (QED) is 0.641. The zero-order chi connectivity index (χ0) is 14.7. The van der Waals surface area contributed by atoms with Crippen molar-refractivity contribution in [1.82, 2.24) is 10.1 Å². The molecule has 0 saturated carbocycles. The number of hydrogen-bond acceptors (Lipinski definition) is 5. The second-order valence-electron chi connectivity index (χ2n) is 4.09. The summed E-state index contributed by atoms with van der Waals surface area (Å²) in [6.45, 7) is 0. The lowest BCUT2D eigenvalue weighted by atomic mass is 10.1. The Morgan fingerprint density at radius 3 is 2.86 bits per heavy atom. The molecule has 1 aromatic carbocycles. The molecule has 0 bridgehead atoms. The van der Waals surface area contributed by atoms with Crippen molar-refractivity contribution in [2.45, 2.75) is 0 Å². The largest absolute Gasteiger partial charge is 0.333 e. The summed E-state index contributed by atoms with van der Waals surface area (Å²) in [5.41, 5.74) is 1.21. The Balaban J connectivity index is 1.98. The number of benzene rings is 1. The van der Waals surface area contributed by atoms with Gasteiger partial charge >= 0.3 is 0 Å². The standard InChI is InChI=1S/C15H8BrN3OS/c16-12-5-2-1-4-10(12)8-11(9-17)15-18-14(19-20-15)13-6-3-7-21-13/h1-8H/b11-8+. The topological polar surface area (TPSA) is 62.7 Å². The molecule has 2 heterocycles. The molecular formula is C15H8BrN3OS. The molecule has 3 aromatic rings. The molecule has 0 spiro atoms. The van der Waals surface area contributed by atoms with E-state index in [9.17, 15) is 5.26 Å². The number of halogens is 1. The average molecular weight is 358 g/mol. The summed E-state index contributed by atoms with van der Waals surface area (Å²) in [7, 11) is 0. The molecule has 0 saturated heterocycles. The van der Waals surface area contributed by atoms with Crippen LogP contribution in [-0.4, -0.2) is 10.1 Å². The van der Waals surface area contributed by atoms with Crippen LogP contribution in [0.1, 0.15) is 11.5 Å². The van der Waals surface area contributed by atoms with Gasteiger partial charge in [0.25, 0.3) is 5.89 Å². The van der Waals surface area contributed by atoms with Gasteiger partial charge in [0, 0.05) is 4.47 Å². The van der Waals surface area contributed by atoms with Crippen molar-refractivity contribution in [3.05, 3.63) is 57.7 Å². The predicted molar refractivity (Wildman–Crippen MR) is 85.2 cm³/mol. The molecule has 0 aliphatic carbocycles. The number of allylic oxidation sites excluding steroid dienone is 1. The first-order valence-electron chi connectivity index (χ1n) is 6.02. The minimum Gasteiger partial charge on any atom is -0.333 e. The highest BCUT2D eigenvalue weighted by molar-refractivity contribution is 9.10. The predicted octanol–water partition coefficient (Wildman–Crippen LogP) is 4.62. The van der Waals surface area contributed by atoms with E-state index in [0.717, 1.165) is 14.9 Å². The van der Waals surface area contributed by atoms with Crippen LogP contribution in [0, 0.1) is 11.3 Å². The number of thiophene rings is 1. The number of nitriles is 1. The van der Waals surface area contributed by atoms with Gasteiger partial charge in [-0.05, 0) is 29.2 Å². The van der Waals surface area contributed by atoms with Crippen LogP contribution < -0.4 is 0 Å². The molecule has 0 fully saturated rings. The number of hydrogen-bond donors (Lipinski definition) is 0. The van der Waals surface area contributed by atoms with Crippen LogP contribution in [0.3, 0.4) is 0 Å². The fourth-order valence-corrected chi connectivity index (χ4v) is 2.78. The van der Waals surface area contributed by atoms with E-state index in [1.807, 2.05) is 41.8 Å². The molecule has 0 aliphatic heterocycles. The molecule has 0 N–H and O–H groups in total. The van der Waals surface area contributed by atoms with E-state index in [4.69, 9.17) is 4.52 Å². The average Bonchev–Trinajstić information content (AvgIpc) is 3.17. The lowest BCUT2D eigenvalue weighted by Gasteiger charge is -1.97. The van der Waals surface area contributed by atoms with Crippen LogP contribution in [0.5, 0.6) is 0 Å². The maximum Gasteiger partial charge on any atom is 0.268 e. The molecule has 102 valence electrons. The summed E-state index contributed by atoms with van der Waals surface area (Å²) in [6.07, 6.45) is 1.72. The van der Waals surface area contributed by atoms with Gasteiger partial charge in [0.2, 0.25) is 5.82 Å². The molecule has 4 nitrogen and oxygen atoms in total. The smallest absolute Gasteiger partial charge is 0.268 e. The highest BCUT2D eigenvalue weighted by Gasteiger charge is 2.13. The van der Waals surface area contributed by atoms with Gasteiger partial charge in [-0.1, -0.05) is 45.4 Å². The first-order valence-corrected chi connectivity index (χ1v) is 7.69. The van der Waals surface area contributed by atoms with E-state index in [0.29, 0.717) is 11.4 Å². The molecule has 6 heteroatoms. The second-order valence-corrected chi connectivity index (χ2v) is 5.89. The fraction of sp³-hybridized carbons (Fsp3) is 0. The number of aromatic nitrogens is 2. The minimum absolute atomic E-state index is 0.219. The molecule has 0 aliphatic rings. The third-order valence-electron chi connectivity index (χ3n) is 2.72. The molecule has 3 rings (SSSR count). The van der Waals surface area contributed by atoms with Crippen molar-refractivity contribution in [1.29, 1.82) is 5.26 Å². The molecule has 0 radical (unpaired) electrons. The highest BCUT2D eigenvalue weighted by atomic mass is 79.9. The zero-order valence-corrected chi connectivity index (χ0v) is 13.1. The minimum atomic E-state index is 0.219. The summed E-state index contributed by atoms with van der Waals surface area (Å²) in [5.74, 6) is 0.713. The zero-order valence-electron chi connectivity index (χ0n) is 10.7. The normalized spacial score (nSPS) is 11.3. The first-order chi connectivity index (χ1) is 10.3. The van der Waals surface area contributed by atoms with Crippen molar-refractivity contribution in [2.75, 3.05) is 0 Å². The molecular weight excluding hydrogens is 350 g/mol. The molecule has 21 heavy (non-hydrogen) atoms. The summed E-state index contributed by atoms with van der Waals surface area (Å²) < 4.78 is 6.09. The molecule has 0 amide bonds. The van der Waals surface area contributed by atoms with Crippen LogP contribution >= 0.6 is 27.3 Å². The third kappa shape index (κ3) is 2.94. The van der Waals surface area contributed by atoms with Crippen LogP contribution in [-0.2, 0) is 0 Å². The Morgan fingerprint density at radius 2 is 2.14 bits per heavy atom. The second kappa shape index (κ2) is 6.04. The van der Waals surface area contributed by atoms with E-state index in [1.165, 1.54) is 11.3 Å². The van der Waals surface area contributed by atoms with E-state index in [-0.39, 0.29) is 5.89 Å². The van der Waals surface area contributed by atoms with Crippen molar-refractivity contribution in [3.8, 4) is 16.8 Å². The Kier molecular flexibility index (Phi) is 3.95. The lowest BCUT2D eigenvalue weighted by Crippen LogP contribution is -1.83. The van der Waals surface area contributed by atoms with Crippen molar-refractivity contribution in [3.63, 3.8) is 0 Å². The SMILES string of the molecule is N#C/C(=C\c1ccccc1Br)c1nc(-c2cccs2)no1. The summed E-state index contributed by atoms with van der Waals surface area (Å²) >= 11 is 4.96.